The first kappa shape index (κ1) is 16.3. The van der Waals surface area contributed by atoms with Crippen molar-refractivity contribution in [3.05, 3.63) is 47.0 Å². The number of likely N-dealkylation sites (tertiary alicyclic amines) is 1. The summed E-state index contributed by atoms with van der Waals surface area (Å²) < 4.78 is 1.93. The van der Waals surface area contributed by atoms with E-state index in [1.54, 1.807) is 0 Å². The van der Waals surface area contributed by atoms with Crippen molar-refractivity contribution in [1.29, 1.82) is 0 Å². The highest BCUT2D eigenvalue weighted by atomic mass is 32.1. The number of thiophene rings is 1. The van der Waals surface area contributed by atoms with Gasteiger partial charge in [0.1, 0.15) is 4.83 Å². The first-order chi connectivity index (χ1) is 12.2. The molecule has 130 valence electrons. The van der Waals surface area contributed by atoms with Gasteiger partial charge in [0.05, 0.1) is 16.3 Å². The summed E-state index contributed by atoms with van der Waals surface area (Å²) in [5.74, 6) is 0.107. The smallest absolute Gasteiger partial charge is 0.264 e. The highest BCUT2D eigenvalue weighted by Crippen LogP contribution is 2.32. The number of para-hydroxylation sites is 1. The van der Waals surface area contributed by atoms with Crippen molar-refractivity contribution >= 4 is 27.5 Å². The summed E-state index contributed by atoms with van der Waals surface area (Å²) >= 11 is 1.52. The van der Waals surface area contributed by atoms with Crippen LogP contribution < -0.4 is 5.73 Å². The lowest BCUT2D eigenvalue weighted by Crippen LogP contribution is -2.47. The Morgan fingerprint density at radius 3 is 2.88 bits per heavy atom. The Bertz CT molecular complexity index is 899. The summed E-state index contributed by atoms with van der Waals surface area (Å²) in [5, 5.41) is 5.70. The van der Waals surface area contributed by atoms with Crippen LogP contribution in [0.4, 0.5) is 0 Å². The molecule has 1 unspecified atom stereocenters. The van der Waals surface area contributed by atoms with Gasteiger partial charge in [0.25, 0.3) is 5.91 Å². The molecule has 0 spiro atoms. The molecule has 0 saturated carbocycles. The van der Waals surface area contributed by atoms with Gasteiger partial charge in [0, 0.05) is 24.5 Å². The molecule has 1 fully saturated rings. The van der Waals surface area contributed by atoms with Crippen molar-refractivity contribution in [2.75, 3.05) is 13.1 Å². The molecular weight excluding hydrogens is 332 g/mol. The van der Waals surface area contributed by atoms with Gasteiger partial charge in [-0.05, 0) is 44.4 Å². The molecule has 5 nitrogen and oxygen atoms in total. The predicted molar refractivity (Wildman–Crippen MR) is 101 cm³/mol. The molecule has 3 heterocycles. The van der Waals surface area contributed by atoms with E-state index in [9.17, 15) is 4.79 Å². The number of hydrogen-bond donors (Lipinski definition) is 1. The number of amides is 1. The van der Waals surface area contributed by atoms with Crippen LogP contribution in [0.15, 0.2) is 36.4 Å². The van der Waals surface area contributed by atoms with Gasteiger partial charge in [0.2, 0.25) is 0 Å². The normalized spacial score (nSPS) is 18.0. The molecule has 2 aromatic heterocycles. The average Bonchev–Trinajstić information content (AvgIpc) is 3.22. The molecule has 2 N–H and O–H groups in total. The number of aryl methyl sites for hydroxylation is 1. The number of fused-ring (bicyclic) bond motifs is 1. The predicted octanol–water partition coefficient (Wildman–Crippen LogP) is 3.35. The third-order valence-electron chi connectivity index (χ3n) is 4.92. The number of piperidine rings is 1. The van der Waals surface area contributed by atoms with Gasteiger partial charge in [-0.25, -0.2) is 4.68 Å². The minimum Gasteiger partial charge on any atom is -0.334 e. The number of nitrogens with zero attached hydrogens (tertiary/aromatic N) is 3. The van der Waals surface area contributed by atoms with Gasteiger partial charge in [-0.2, -0.15) is 5.10 Å². The maximum atomic E-state index is 13.0. The third kappa shape index (κ3) is 2.85. The number of carbonyl (C=O) groups is 1. The van der Waals surface area contributed by atoms with Crippen LogP contribution in [-0.2, 0) is 0 Å². The van der Waals surface area contributed by atoms with E-state index in [2.05, 4.69) is 5.10 Å². The Hall–Kier alpha value is -2.18. The van der Waals surface area contributed by atoms with Gasteiger partial charge in [-0.3, -0.25) is 4.79 Å². The van der Waals surface area contributed by atoms with Crippen LogP contribution in [0.5, 0.6) is 0 Å². The van der Waals surface area contributed by atoms with Crippen LogP contribution in [0.25, 0.3) is 15.9 Å². The quantitative estimate of drug-likeness (QED) is 0.784. The van der Waals surface area contributed by atoms with Crippen LogP contribution in [-0.4, -0.2) is 39.7 Å². The van der Waals surface area contributed by atoms with Crippen LogP contribution >= 0.6 is 11.3 Å². The largest absolute Gasteiger partial charge is 0.334 e. The number of hydrogen-bond acceptors (Lipinski definition) is 4. The van der Waals surface area contributed by atoms with Crippen molar-refractivity contribution in [2.24, 2.45) is 5.73 Å². The summed E-state index contributed by atoms with van der Waals surface area (Å²) in [6.07, 6.45) is 3.22. The third-order valence-corrected chi connectivity index (χ3v) is 6.01. The number of rotatable bonds is 3. The molecule has 1 aliphatic rings. The van der Waals surface area contributed by atoms with E-state index in [1.165, 1.54) is 11.3 Å². The summed E-state index contributed by atoms with van der Waals surface area (Å²) in [7, 11) is 0. The summed E-state index contributed by atoms with van der Waals surface area (Å²) in [4.78, 5) is 16.8. The van der Waals surface area contributed by atoms with Gasteiger partial charge in [-0.1, -0.05) is 18.2 Å². The van der Waals surface area contributed by atoms with Gasteiger partial charge in [0.15, 0.2) is 0 Å². The Morgan fingerprint density at radius 1 is 1.32 bits per heavy atom. The standard InChI is InChI=1S/C19H22N4OS/c1-13-16-11-17(18(24)22-10-6-5-9-15(22)12-20)25-19(16)23(21-13)14-7-3-2-4-8-14/h2-4,7-8,11,15H,5-6,9-10,12,20H2,1H3. The summed E-state index contributed by atoms with van der Waals surface area (Å²) in [6.45, 7) is 3.33. The zero-order valence-corrected chi connectivity index (χ0v) is 15.1. The fourth-order valence-corrected chi connectivity index (χ4v) is 4.69. The Kier molecular flexibility index (Phi) is 4.31. The maximum absolute atomic E-state index is 13.0. The minimum atomic E-state index is 0.107. The SMILES string of the molecule is Cc1nn(-c2ccccc2)c2sc(C(=O)N3CCCCC3CN)cc12. The molecule has 1 saturated heterocycles. The minimum absolute atomic E-state index is 0.107. The Balaban J connectivity index is 1.73. The maximum Gasteiger partial charge on any atom is 0.264 e. The first-order valence-electron chi connectivity index (χ1n) is 8.74. The van der Waals surface area contributed by atoms with Crippen molar-refractivity contribution < 1.29 is 4.79 Å². The summed E-state index contributed by atoms with van der Waals surface area (Å²) in [5.41, 5.74) is 7.84. The van der Waals surface area contributed by atoms with E-state index >= 15 is 0 Å². The van der Waals surface area contributed by atoms with E-state index in [0.29, 0.717) is 6.54 Å². The molecular formula is C19H22N4OS. The van der Waals surface area contributed by atoms with Crippen molar-refractivity contribution in [3.8, 4) is 5.69 Å². The zero-order chi connectivity index (χ0) is 17.4. The van der Waals surface area contributed by atoms with Crippen LogP contribution in [0.2, 0.25) is 0 Å². The van der Waals surface area contributed by atoms with E-state index in [1.807, 2.05) is 52.9 Å². The van der Waals surface area contributed by atoms with Crippen LogP contribution in [0, 0.1) is 6.92 Å². The lowest BCUT2D eigenvalue weighted by Gasteiger charge is -2.34. The molecule has 1 aromatic carbocycles. The number of aromatic nitrogens is 2. The fourth-order valence-electron chi connectivity index (χ4n) is 3.55. The second-order valence-electron chi connectivity index (χ2n) is 6.55. The van der Waals surface area contributed by atoms with Gasteiger partial charge >= 0.3 is 0 Å². The van der Waals surface area contributed by atoms with Gasteiger partial charge < -0.3 is 10.6 Å². The molecule has 1 amide bonds. The molecule has 4 rings (SSSR count). The monoisotopic (exact) mass is 354 g/mol. The lowest BCUT2D eigenvalue weighted by molar-refractivity contribution is 0.0628. The second-order valence-corrected chi connectivity index (χ2v) is 7.58. The van der Waals surface area contributed by atoms with Crippen molar-refractivity contribution in [3.63, 3.8) is 0 Å². The van der Waals surface area contributed by atoms with E-state index < -0.39 is 0 Å². The summed E-state index contributed by atoms with van der Waals surface area (Å²) in [6, 6.07) is 12.2. The fraction of sp³-hybridized carbons (Fsp3) is 0.368. The van der Waals surface area contributed by atoms with E-state index in [4.69, 9.17) is 5.73 Å². The Labute approximate surface area is 151 Å². The second kappa shape index (κ2) is 6.61. The Morgan fingerprint density at radius 2 is 2.12 bits per heavy atom. The molecule has 1 atom stereocenters. The number of benzene rings is 1. The lowest BCUT2D eigenvalue weighted by atomic mass is 10.0. The highest BCUT2D eigenvalue weighted by molar-refractivity contribution is 7.20. The number of carbonyl (C=O) groups excluding carboxylic acids is 1. The van der Waals surface area contributed by atoms with E-state index in [-0.39, 0.29) is 11.9 Å². The van der Waals surface area contributed by atoms with Crippen LogP contribution in [0.3, 0.4) is 0 Å². The zero-order valence-electron chi connectivity index (χ0n) is 14.3. The molecule has 0 radical (unpaired) electrons. The topological polar surface area (TPSA) is 64.2 Å². The van der Waals surface area contributed by atoms with Crippen molar-refractivity contribution in [1.82, 2.24) is 14.7 Å². The molecule has 6 heteroatoms. The number of nitrogens with two attached hydrogens (primary N) is 1. The van der Waals surface area contributed by atoms with Crippen molar-refractivity contribution in [2.45, 2.75) is 32.2 Å². The molecule has 25 heavy (non-hydrogen) atoms. The van der Waals surface area contributed by atoms with Crippen LogP contribution in [0.1, 0.15) is 34.6 Å². The first-order valence-corrected chi connectivity index (χ1v) is 9.56. The average molecular weight is 354 g/mol. The molecule has 0 bridgehead atoms. The highest BCUT2D eigenvalue weighted by Gasteiger charge is 2.28. The molecule has 3 aromatic rings. The molecule has 1 aliphatic heterocycles. The van der Waals surface area contributed by atoms with Gasteiger partial charge in [-0.15, -0.1) is 11.3 Å². The van der Waals surface area contributed by atoms with E-state index in [0.717, 1.165) is 52.3 Å². The molecule has 0 aliphatic carbocycles.